The first-order valence-electron chi connectivity index (χ1n) is 10.4. The number of nitrogens with zero attached hydrogens (tertiary/aromatic N) is 1. The van der Waals surface area contributed by atoms with Gasteiger partial charge in [0, 0.05) is 25.2 Å². The molecule has 4 N–H and O–H groups in total. The molecule has 29 heavy (non-hydrogen) atoms. The number of benzene rings is 1. The van der Waals surface area contributed by atoms with Crippen molar-refractivity contribution < 1.29 is 14.4 Å². The van der Waals surface area contributed by atoms with Gasteiger partial charge in [0.15, 0.2) is 0 Å². The quantitative estimate of drug-likeness (QED) is 0.601. The summed E-state index contributed by atoms with van der Waals surface area (Å²) in [5.41, 5.74) is 1.75. The van der Waals surface area contributed by atoms with Crippen LogP contribution in [0.2, 0.25) is 0 Å². The average Bonchev–Trinajstić information content (AvgIpc) is 2.68. The number of carbonyl (C=O) groups excluding carboxylic acids is 3. The summed E-state index contributed by atoms with van der Waals surface area (Å²) < 4.78 is 0. The van der Waals surface area contributed by atoms with Crippen LogP contribution < -0.4 is 21.3 Å². The van der Waals surface area contributed by atoms with Gasteiger partial charge in [-0.1, -0.05) is 24.6 Å². The van der Waals surface area contributed by atoms with E-state index in [4.69, 9.17) is 0 Å². The molecular formula is C21H29N5O3. The lowest BCUT2D eigenvalue weighted by Crippen LogP contribution is -2.74. The molecule has 0 aliphatic carbocycles. The average molecular weight is 399 g/mol. The van der Waals surface area contributed by atoms with Crippen molar-refractivity contribution in [2.75, 3.05) is 18.4 Å². The SMILES string of the molecule is Cc1ccc(NC(=O)C2CC(=O)NC3NC(N4CCCC(C)C4)NC(=O)C32)cc1. The van der Waals surface area contributed by atoms with Gasteiger partial charge in [0.25, 0.3) is 0 Å². The summed E-state index contributed by atoms with van der Waals surface area (Å²) in [6.07, 6.45) is 1.38. The second kappa shape index (κ2) is 8.12. The maximum absolute atomic E-state index is 13.0. The first kappa shape index (κ1) is 19.8. The van der Waals surface area contributed by atoms with E-state index < -0.39 is 18.0 Å². The number of piperidine rings is 2. The van der Waals surface area contributed by atoms with Crippen LogP contribution in [0.1, 0.15) is 31.7 Å². The molecule has 3 aliphatic heterocycles. The van der Waals surface area contributed by atoms with Gasteiger partial charge in [-0.3, -0.25) is 24.6 Å². The summed E-state index contributed by atoms with van der Waals surface area (Å²) in [4.78, 5) is 40.4. The topological polar surface area (TPSA) is 103 Å². The van der Waals surface area contributed by atoms with Crippen LogP contribution in [0.3, 0.4) is 0 Å². The summed E-state index contributed by atoms with van der Waals surface area (Å²) in [6.45, 7) is 5.96. The Labute approximate surface area is 170 Å². The fourth-order valence-corrected chi connectivity index (χ4v) is 4.59. The lowest BCUT2D eigenvalue weighted by molar-refractivity contribution is -0.148. The van der Waals surface area contributed by atoms with Gasteiger partial charge in [-0.05, 0) is 37.8 Å². The molecule has 5 atom stereocenters. The van der Waals surface area contributed by atoms with E-state index in [1.165, 1.54) is 6.42 Å². The van der Waals surface area contributed by atoms with Crippen LogP contribution in [-0.2, 0) is 14.4 Å². The highest BCUT2D eigenvalue weighted by atomic mass is 16.2. The Morgan fingerprint density at radius 1 is 1.17 bits per heavy atom. The summed E-state index contributed by atoms with van der Waals surface area (Å²) in [5.74, 6) is -1.51. The fraction of sp³-hybridized carbons (Fsp3) is 0.571. The number of hydrogen-bond donors (Lipinski definition) is 4. The lowest BCUT2D eigenvalue weighted by atomic mass is 9.81. The van der Waals surface area contributed by atoms with Gasteiger partial charge in [-0.15, -0.1) is 0 Å². The van der Waals surface area contributed by atoms with E-state index in [-0.39, 0.29) is 30.4 Å². The third-order valence-electron chi connectivity index (χ3n) is 6.14. The van der Waals surface area contributed by atoms with E-state index in [0.717, 1.165) is 25.1 Å². The monoisotopic (exact) mass is 399 g/mol. The van der Waals surface area contributed by atoms with Crippen LogP contribution in [-0.4, -0.2) is 48.2 Å². The van der Waals surface area contributed by atoms with Crippen molar-refractivity contribution in [1.29, 1.82) is 0 Å². The summed E-state index contributed by atoms with van der Waals surface area (Å²) in [6, 6.07) is 7.46. The van der Waals surface area contributed by atoms with E-state index in [1.54, 1.807) is 0 Å². The van der Waals surface area contributed by atoms with Gasteiger partial charge in [0.2, 0.25) is 17.7 Å². The highest BCUT2D eigenvalue weighted by molar-refractivity contribution is 6.00. The molecule has 156 valence electrons. The van der Waals surface area contributed by atoms with E-state index in [0.29, 0.717) is 11.6 Å². The van der Waals surface area contributed by atoms with Crippen LogP contribution in [0.4, 0.5) is 5.69 Å². The van der Waals surface area contributed by atoms with E-state index >= 15 is 0 Å². The van der Waals surface area contributed by atoms with Gasteiger partial charge in [-0.25, -0.2) is 0 Å². The second-order valence-electron chi connectivity index (χ2n) is 8.56. The van der Waals surface area contributed by atoms with Crippen molar-refractivity contribution in [2.24, 2.45) is 17.8 Å². The smallest absolute Gasteiger partial charge is 0.229 e. The van der Waals surface area contributed by atoms with Crippen LogP contribution in [0, 0.1) is 24.7 Å². The van der Waals surface area contributed by atoms with E-state index in [9.17, 15) is 14.4 Å². The fourth-order valence-electron chi connectivity index (χ4n) is 4.59. The highest BCUT2D eigenvalue weighted by Crippen LogP contribution is 2.29. The molecular weight excluding hydrogens is 370 g/mol. The summed E-state index contributed by atoms with van der Waals surface area (Å²) in [5, 5.41) is 12.1. The van der Waals surface area contributed by atoms with Gasteiger partial charge >= 0.3 is 0 Å². The standard InChI is InChI=1S/C21H29N5O3/c1-12-5-7-14(8-6-12)22-19(28)15-10-16(27)23-18-17(15)20(29)25-21(24-18)26-9-3-4-13(2)11-26/h5-8,13,15,17-18,21,24H,3-4,9-11H2,1-2H3,(H,22,28)(H,23,27)(H,25,29). The third kappa shape index (κ3) is 4.28. The molecule has 3 aliphatic rings. The zero-order valence-corrected chi connectivity index (χ0v) is 16.9. The molecule has 5 unspecified atom stereocenters. The van der Waals surface area contributed by atoms with Crippen molar-refractivity contribution in [3.05, 3.63) is 29.8 Å². The Hall–Kier alpha value is -2.45. The molecule has 0 spiro atoms. The molecule has 8 nitrogen and oxygen atoms in total. The zero-order chi connectivity index (χ0) is 20.5. The Morgan fingerprint density at radius 2 is 1.93 bits per heavy atom. The minimum Gasteiger partial charge on any atom is -0.340 e. The van der Waals surface area contributed by atoms with Gasteiger partial charge in [0.05, 0.1) is 18.0 Å². The molecule has 0 radical (unpaired) electrons. The molecule has 0 saturated carbocycles. The van der Waals surface area contributed by atoms with Crippen LogP contribution in [0.25, 0.3) is 0 Å². The number of amides is 3. The largest absolute Gasteiger partial charge is 0.340 e. The van der Waals surface area contributed by atoms with Crippen molar-refractivity contribution in [1.82, 2.24) is 20.9 Å². The minimum atomic E-state index is -0.719. The van der Waals surface area contributed by atoms with Crippen molar-refractivity contribution in [3.8, 4) is 0 Å². The molecule has 1 aromatic rings. The predicted octanol–water partition coefficient (Wildman–Crippen LogP) is 0.747. The number of nitrogens with one attached hydrogen (secondary N) is 4. The second-order valence-corrected chi connectivity index (χ2v) is 8.56. The Bertz CT molecular complexity index is 796. The Balaban J connectivity index is 1.48. The molecule has 1 aromatic carbocycles. The number of carbonyl (C=O) groups is 3. The van der Waals surface area contributed by atoms with Crippen LogP contribution in [0.5, 0.6) is 0 Å². The lowest BCUT2D eigenvalue weighted by Gasteiger charge is -2.47. The maximum atomic E-state index is 13.0. The molecule has 3 heterocycles. The number of rotatable bonds is 3. The minimum absolute atomic E-state index is 0.000619. The van der Waals surface area contributed by atoms with Crippen molar-refractivity contribution in [3.63, 3.8) is 0 Å². The van der Waals surface area contributed by atoms with Crippen LogP contribution in [0.15, 0.2) is 24.3 Å². The number of anilines is 1. The molecule has 3 saturated heterocycles. The molecule has 3 fully saturated rings. The van der Waals surface area contributed by atoms with E-state index in [2.05, 4.69) is 33.1 Å². The molecule has 8 heteroatoms. The molecule has 4 rings (SSSR count). The molecule has 0 aromatic heterocycles. The first-order valence-corrected chi connectivity index (χ1v) is 10.4. The Kier molecular flexibility index (Phi) is 5.56. The molecule has 3 amide bonds. The number of hydrogen-bond acceptors (Lipinski definition) is 5. The Morgan fingerprint density at radius 3 is 2.66 bits per heavy atom. The normalized spacial score (nSPS) is 32.7. The van der Waals surface area contributed by atoms with Crippen molar-refractivity contribution in [2.45, 2.75) is 45.6 Å². The van der Waals surface area contributed by atoms with Crippen molar-refractivity contribution >= 4 is 23.4 Å². The first-order chi connectivity index (χ1) is 13.9. The third-order valence-corrected chi connectivity index (χ3v) is 6.14. The maximum Gasteiger partial charge on any atom is 0.229 e. The highest BCUT2D eigenvalue weighted by Gasteiger charge is 2.49. The summed E-state index contributed by atoms with van der Waals surface area (Å²) in [7, 11) is 0. The van der Waals surface area contributed by atoms with E-state index in [1.807, 2.05) is 31.2 Å². The number of fused-ring (bicyclic) bond motifs is 1. The van der Waals surface area contributed by atoms with Gasteiger partial charge in [-0.2, -0.15) is 0 Å². The van der Waals surface area contributed by atoms with Gasteiger partial charge in [0.1, 0.15) is 6.29 Å². The molecule has 0 bridgehead atoms. The number of likely N-dealkylation sites (tertiary alicyclic amines) is 1. The summed E-state index contributed by atoms with van der Waals surface area (Å²) >= 11 is 0. The predicted molar refractivity (Wildman–Crippen MR) is 108 cm³/mol. The zero-order valence-electron chi connectivity index (χ0n) is 16.9. The number of aryl methyl sites for hydroxylation is 1. The van der Waals surface area contributed by atoms with Crippen LogP contribution >= 0.6 is 0 Å². The van der Waals surface area contributed by atoms with Gasteiger partial charge < -0.3 is 16.0 Å².